The summed E-state index contributed by atoms with van der Waals surface area (Å²) in [4.78, 5) is 0. The second kappa shape index (κ2) is 8.74. The third-order valence-corrected chi connectivity index (χ3v) is 7.10. The van der Waals surface area contributed by atoms with E-state index in [0.29, 0.717) is 18.1 Å². The van der Waals surface area contributed by atoms with Crippen LogP contribution in [0, 0.1) is 6.92 Å². The molecule has 0 radical (unpaired) electrons. The molecule has 8 heteroatoms. The maximum Gasteiger partial charge on any atom is 0.480 e. The highest BCUT2D eigenvalue weighted by molar-refractivity contribution is 7.90. The quantitative estimate of drug-likeness (QED) is 0.512. The summed E-state index contributed by atoms with van der Waals surface area (Å²) in [6, 6.07) is 5.54. The molecule has 5 nitrogen and oxygen atoms in total. The average molecular weight is 430 g/mol. The number of aryl methyl sites for hydroxylation is 1. The molecule has 0 aromatic heterocycles. The predicted octanol–water partition coefficient (Wildman–Crippen LogP) is 4.47. The molecule has 1 N–H and O–H groups in total. The lowest BCUT2D eigenvalue weighted by atomic mass is 9.77. The van der Waals surface area contributed by atoms with E-state index in [0.717, 1.165) is 11.3 Å². The van der Waals surface area contributed by atoms with Crippen LogP contribution in [-0.4, -0.2) is 40.2 Å². The van der Waals surface area contributed by atoms with Crippen molar-refractivity contribution in [3.8, 4) is 5.75 Å². The van der Waals surface area contributed by atoms with Crippen molar-refractivity contribution in [2.24, 2.45) is 0 Å². The molecule has 0 spiro atoms. The number of hydrogen-bond acceptors (Lipinski definition) is 5. The molecule has 158 valence electrons. The lowest BCUT2D eigenvalue weighted by Gasteiger charge is -2.32. The van der Waals surface area contributed by atoms with Gasteiger partial charge < -0.3 is 18.6 Å². The van der Waals surface area contributed by atoms with Gasteiger partial charge in [0.25, 0.3) is 0 Å². The maximum atomic E-state index is 12.7. The van der Waals surface area contributed by atoms with Gasteiger partial charge >= 0.3 is 7.12 Å². The summed E-state index contributed by atoms with van der Waals surface area (Å²) in [6.07, 6.45) is 0.584. The normalized spacial score (nSPS) is 20.9. The van der Waals surface area contributed by atoms with E-state index >= 15 is 0 Å². The molecule has 2 rings (SSSR count). The Morgan fingerprint density at radius 3 is 2.29 bits per heavy atom. The van der Waals surface area contributed by atoms with Crippen molar-refractivity contribution in [2.45, 2.75) is 83.7 Å². The number of benzene rings is 1. The first kappa shape index (κ1) is 23.8. The number of hydrogen-bond donors (Lipinski definition) is 1. The summed E-state index contributed by atoms with van der Waals surface area (Å²) in [6.45, 7) is 16.2. The first-order chi connectivity index (χ1) is 12.7. The minimum atomic E-state index is -1.25. The fourth-order valence-corrected chi connectivity index (χ4v) is 3.77. The molecule has 1 aliphatic heterocycles. The van der Waals surface area contributed by atoms with Crippen molar-refractivity contribution in [1.29, 1.82) is 0 Å². The van der Waals surface area contributed by atoms with E-state index in [1.54, 1.807) is 0 Å². The van der Waals surface area contributed by atoms with Crippen molar-refractivity contribution >= 4 is 30.1 Å². The Morgan fingerprint density at radius 2 is 1.79 bits per heavy atom. The van der Waals surface area contributed by atoms with E-state index in [-0.39, 0.29) is 5.94 Å². The second-order valence-electron chi connectivity index (χ2n) is 9.28. The zero-order valence-electron chi connectivity index (χ0n) is 18.2. The summed E-state index contributed by atoms with van der Waals surface area (Å²) in [5.41, 5.74) is 0.0778. The molecule has 2 unspecified atom stereocenters. The lowest BCUT2D eigenvalue weighted by molar-refractivity contribution is 0.00578. The van der Waals surface area contributed by atoms with Crippen molar-refractivity contribution in [3.63, 3.8) is 0 Å². The Kier molecular flexibility index (Phi) is 7.44. The van der Waals surface area contributed by atoms with Gasteiger partial charge in [0.2, 0.25) is 0 Å². The van der Waals surface area contributed by atoms with Crippen LogP contribution in [-0.2, 0) is 20.7 Å². The minimum absolute atomic E-state index is 0.270. The first-order valence-electron chi connectivity index (χ1n) is 9.65. The monoisotopic (exact) mass is 429 g/mol. The zero-order chi connectivity index (χ0) is 21.3. The van der Waals surface area contributed by atoms with Gasteiger partial charge in [0, 0.05) is 16.4 Å². The molecule has 2 atom stereocenters. The van der Waals surface area contributed by atoms with E-state index < -0.39 is 34.4 Å². The molecule has 0 aliphatic carbocycles. The highest BCUT2D eigenvalue weighted by atomic mass is 35.5. The van der Waals surface area contributed by atoms with Crippen LogP contribution in [0.1, 0.15) is 60.5 Å². The Labute approximate surface area is 178 Å². The average Bonchev–Trinajstić information content (AvgIpc) is 2.75. The molecule has 1 aromatic carbocycles. The van der Waals surface area contributed by atoms with Crippen LogP contribution in [0.15, 0.2) is 18.2 Å². The summed E-state index contributed by atoms with van der Waals surface area (Å²) >= 11 is 4.76. The van der Waals surface area contributed by atoms with Gasteiger partial charge in [-0.25, -0.2) is 0 Å². The van der Waals surface area contributed by atoms with Crippen LogP contribution in [0.25, 0.3) is 0 Å². The van der Waals surface area contributed by atoms with Crippen molar-refractivity contribution < 1.29 is 18.6 Å². The lowest BCUT2D eigenvalue weighted by Crippen LogP contribution is -2.52. The maximum absolute atomic E-state index is 12.7. The Hall–Kier alpha value is -0.435. The smallest absolute Gasteiger partial charge is 0.480 e. The van der Waals surface area contributed by atoms with E-state index in [1.165, 1.54) is 0 Å². The van der Waals surface area contributed by atoms with Crippen molar-refractivity contribution in [2.75, 3.05) is 6.61 Å². The molecular weight excluding hydrogens is 397 g/mol. The fraction of sp³-hybridized carbons (Fsp3) is 0.700. The van der Waals surface area contributed by atoms with Crippen LogP contribution < -0.4 is 9.46 Å². The van der Waals surface area contributed by atoms with Gasteiger partial charge in [-0.15, -0.1) is 4.72 Å². The Bertz CT molecular complexity index is 665. The summed E-state index contributed by atoms with van der Waals surface area (Å²) in [5.74, 6) is 0.516. The van der Waals surface area contributed by atoms with Gasteiger partial charge in [0.05, 0.1) is 23.8 Å². The van der Waals surface area contributed by atoms with E-state index in [4.69, 9.17) is 25.6 Å². The van der Waals surface area contributed by atoms with Crippen molar-refractivity contribution in [3.05, 3.63) is 28.8 Å². The van der Waals surface area contributed by atoms with Gasteiger partial charge in [0.1, 0.15) is 10.5 Å². The highest BCUT2D eigenvalue weighted by Gasteiger charge is 2.55. The third-order valence-electron chi connectivity index (χ3n) is 5.24. The highest BCUT2D eigenvalue weighted by Crippen LogP contribution is 2.38. The van der Waals surface area contributed by atoms with E-state index in [1.807, 2.05) is 73.6 Å². The molecule has 1 heterocycles. The largest absolute Gasteiger partial charge is 0.598 e. The number of halogens is 1. The summed E-state index contributed by atoms with van der Waals surface area (Å²) < 4.78 is 33.8. The number of ether oxygens (including phenoxy) is 1. The Balaban J connectivity index is 2.08. The van der Waals surface area contributed by atoms with Crippen LogP contribution in [0.4, 0.5) is 0 Å². The predicted molar refractivity (Wildman–Crippen MR) is 117 cm³/mol. The summed E-state index contributed by atoms with van der Waals surface area (Å²) in [7, 11) is -0.508. The standard InChI is InChI=1S/C20H33BClNO4S/c1-14-13-15(22)9-10-16(14)25-12-11-17(23-28(24)18(2,3)4)21-26-19(5,6)20(7,8)27-21/h9-10,13,17,23H,11-12H2,1-8H3. The minimum Gasteiger partial charge on any atom is -0.598 e. The van der Waals surface area contributed by atoms with Gasteiger partial charge in [-0.3, -0.25) is 0 Å². The molecule has 0 saturated carbocycles. The topological polar surface area (TPSA) is 62.8 Å². The molecule has 1 aliphatic rings. The van der Waals surface area contributed by atoms with Gasteiger partial charge in [0.15, 0.2) is 0 Å². The van der Waals surface area contributed by atoms with Crippen LogP contribution in [0.2, 0.25) is 5.02 Å². The molecule has 1 saturated heterocycles. The summed E-state index contributed by atoms with van der Waals surface area (Å²) in [5, 5.41) is 0.683. The van der Waals surface area contributed by atoms with Crippen LogP contribution in [0.3, 0.4) is 0 Å². The Morgan fingerprint density at radius 1 is 1.21 bits per heavy atom. The molecular formula is C20H33BClNO4S. The fourth-order valence-electron chi connectivity index (χ4n) is 2.69. The van der Waals surface area contributed by atoms with Gasteiger partial charge in [-0.05, 0) is 85.6 Å². The number of rotatable bonds is 7. The SMILES string of the molecule is Cc1cc(Cl)ccc1OCCC(N[S+]([O-])C(C)(C)C)B1OC(C)(C)C(C)(C)O1. The number of nitrogens with one attached hydrogen (secondary N) is 1. The van der Waals surface area contributed by atoms with Gasteiger partial charge in [-0.1, -0.05) is 11.6 Å². The van der Waals surface area contributed by atoms with E-state index in [9.17, 15) is 4.55 Å². The molecule has 0 bridgehead atoms. The molecule has 1 fully saturated rings. The second-order valence-corrected chi connectivity index (χ2v) is 11.7. The zero-order valence-corrected chi connectivity index (χ0v) is 19.8. The first-order valence-corrected chi connectivity index (χ1v) is 11.2. The molecule has 1 aromatic rings. The van der Waals surface area contributed by atoms with E-state index in [2.05, 4.69) is 4.72 Å². The van der Waals surface area contributed by atoms with Crippen LogP contribution in [0.5, 0.6) is 5.75 Å². The molecule has 0 amide bonds. The molecule has 28 heavy (non-hydrogen) atoms. The van der Waals surface area contributed by atoms with Crippen LogP contribution >= 0.6 is 11.6 Å². The van der Waals surface area contributed by atoms with Gasteiger partial charge in [-0.2, -0.15) is 0 Å². The van der Waals surface area contributed by atoms with Crippen molar-refractivity contribution in [1.82, 2.24) is 4.72 Å². The third kappa shape index (κ3) is 5.80.